The summed E-state index contributed by atoms with van der Waals surface area (Å²) in [6.45, 7) is 4.74. The Bertz CT molecular complexity index is 508. The quantitative estimate of drug-likeness (QED) is 0.832. The number of hydrogen-bond acceptors (Lipinski definition) is 3. The number of likely N-dealkylation sites (N-methyl/N-ethyl adjacent to an activating group) is 1. The van der Waals surface area contributed by atoms with Crippen LogP contribution in [0.4, 0.5) is 4.39 Å². The Labute approximate surface area is 115 Å². The molecule has 18 heavy (non-hydrogen) atoms. The third-order valence-electron chi connectivity index (χ3n) is 2.32. The minimum atomic E-state index is -3.81. The molecule has 0 aliphatic heterocycles. The van der Waals surface area contributed by atoms with Crippen molar-refractivity contribution in [2.45, 2.75) is 24.8 Å². The van der Waals surface area contributed by atoms with Gasteiger partial charge < -0.3 is 5.32 Å². The Balaban J connectivity index is 2.80. The fourth-order valence-corrected chi connectivity index (χ4v) is 2.95. The van der Waals surface area contributed by atoms with Gasteiger partial charge >= 0.3 is 0 Å². The summed E-state index contributed by atoms with van der Waals surface area (Å²) in [5.74, 6) is -0.770. The van der Waals surface area contributed by atoms with Gasteiger partial charge in [0, 0.05) is 17.1 Å². The molecule has 1 aromatic rings. The van der Waals surface area contributed by atoms with E-state index in [9.17, 15) is 12.8 Å². The second-order valence-corrected chi connectivity index (χ2v) is 6.54. The van der Waals surface area contributed by atoms with E-state index in [2.05, 4.69) is 26.0 Å². The molecule has 102 valence electrons. The fraction of sp³-hybridized carbons (Fsp3) is 0.455. The molecule has 0 aliphatic rings. The first kappa shape index (κ1) is 15.6. The lowest BCUT2D eigenvalue weighted by Crippen LogP contribution is -2.39. The highest BCUT2D eigenvalue weighted by molar-refractivity contribution is 9.10. The van der Waals surface area contributed by atoms with Crippen molar-refractivity contribution >= 4 is 26.0 Å². The van der Waals surface area contributed by atoms with Crippen LogP contribution in [0.1, 0.15) is 13.8 Å². The minimum Gasteiger partial charge on any atom is -0.313 e. The van der Waals surface area contributed by atoms with E-state index in [4.69, 9.17) is 0 Å². The first-order valence-corrected chi connectivity index (χ1v) is 7.82. The monoisotopic (exact) mass is 338 g/mol. The van der Waals surface area contributed by atoms with Crippen molar-refractivity contribution in [3.63, 3.8) is 0 Å². The molecule has 0 bridgehead atoms. The van der Waals surface area contributed by atoms with E-state index in [-0.39, 0.29) is 17.5 Å². The molecular formula is C11H16BrFN2O2S. The van der Waals surface area contributed by atoms with Crippen molar-refractivity contribution in [3.05, 3.63) is 28.5 Å². The van der Waals surface area contributed by atoms with Crippen molar-refractivity contribution < 1.29 is 12.8 Å². The summed E-state index contributed by atoms with van der Waals surface area (Å²) in [6, 6.07) is 3.84. The first-order chi connectivity index (χ1) is 8.36. The number of rotatable bonds is 6. The molecule has 1 aromatic carbocycles. The molecule has 0 heterocycles. The molecule has 2 N–H and O–H groups in total. The van der Waals surface area contributed by atoms with Crippen LogP contribution in [0.2, 0.25) is 0 Å². The predicted molar refractivity (Wildman–Crippen MR) is 72.4 cm³/mol. The van der Waals surface area contributed by atoms with Crippen LogP contribution in [0.25, 0.3) is 0 Å². The van der Waals surface area contributed by atoms with Crippen molar-refractivity contribution in [3.8, 4) is 0 Å². The fourth-order valence-electron chi connectivity index (χ4n) is 1.43. The predicted octanol–water partition coefficient (Wildman–Crippen LogP) is 1.86. The standard InChI is InChI=1S/C11H16BrFN2O2S/c1-3-14-8(2)7-15-18(16,17)11-5-4-9(12)6-10(11)13/h4-6,8,14-15H,3,7H2,1-2H3/t8-/m1/s1. The van der Waals surface area contributed by atoms with E-state index < -0.39 is 15.8 Å². The molecule has 1 rings (SSSR count). The Morgan fingerprint density at radius 2 is 2.11 bits per heavy atom. The smallest absolute Gasteiger partial charge is 0.243 e. The summed E-state index contributed by atoms with van der Waals surface area (Å²) in [6.07, 6.45) is 0. The Hall–Kier alpha value is -0.500. The average Bonchev–Trinajstić information content (AvgIpc) is 2.26. The van der Waals surface area contributed by atoms with Crippen LogP contribution in [0, 0.1) is 5.82 Å². The largest absolute Gasteiger partial charge is 0.313 e. The van der Waals surface area contributed by atoms with Gasteiger partial charge in [-0.15, -0.1) is 0 Å². The van der Waals surface area contributed by atoms with Crippen LogP contribution in [-0.4, -0.2) is 27.5 Å². The van der Waals surface area contributed by atoms with E-state index in [0.717, 1.165) is 12.6 Å². The molecule has 0 amide bonds. The van der Waals surface area contributed by atoms with Gasteiger partial charge in [-0.05, 0) is 31.7 Å². The zero-order valence-electron chi connectivity index (χ0n) is 10.2. The highest BCUT2D eigenvalue weighted by Gasteiger charge is 2.19. The van der Waals surface area contributed by atoms with Crippen LogP contribution in [0.5, 0.6) is 0 Å². The van der Waals surface area contributed by atoms with Crippen LogP contribution in [0.15, 0.2) is 27.6 Å². The third kappa shape index (κ3) is 4.31. The number of benzene rings is 1. The molecule has 0 unspecified atom stereocenters. The maximum atomic E-state index is 13.6. The Kier molecular flexibility index (Phi) is 5.71. The molecule has 7 heteroatoms. The second-order valence-electron chi connectivity index (χ2n) is 3.89. The summed E-state index contributed by atoms with van der Waals surface area (Å²) in [5.41, 5.74) is 0. The van der Waals surface area contributed by atoms with Crippen LogP contribution in [0.3, 0.4) is 0 Å². The minimum absolute atomic E-state index is 0.0108. The number of sulfonamides is 1. The van der Waals surface area contributed by atoms with Crippen molar-refractivity contribution in [2.24, 2.45) is 0 Å². The van der Waals surface area contributed by atoms with Gasteiger partial charge in [0.15, 0.2) is 0 Å². The normalized spacial score (nSPS) is 13.6. The average molecular weight is 339 g/mol. The maximum absolute atomic E-state index is 13.6. The van der Waals surface area contributed by atoms with Gasteiger partial charge in [0.1, 0.15) is 10.7 Å². The second kappa shape index (κ2) is 6.60. The third-order valence-corrected chi connectivity index (χ3v) is 4.27. The van der Waals surface area contributed by atoms with E-state index in [1.807, 2.05) is 13.8 Å². The molecule has 0 fully saturated rings. The molecule has 0 saturated heterocycles. The topological polar surface area (TPSA) is 58.2 Å². The van der Waals surface area contributed by atoms with Crippen molar-refractivity contribution in [1.82, 2.24) is 10.0 Å². The van der Waals surface area contributed by atoms with Crippen molar-refractivity contribution in [2.75, 3.05) is 13.1 Å². The lowest BCUT2D eigenvalue weighted by atomic mass is 10.3. The molecule has 0 aliphatic carbocycles. The molecule has 0 saturated carbocycles. The van der Waals surface area contributed by atoms with Gasteiger partial charge in [-0.1, -0.05) is 22.9 Å². The van der Waals surface area contributed by atoms with E-state index in [1.54, 1.807) is 0 Å². The molecule has 1 atom stereocenters. The molecule has 0 aromatic heterocycles. The van der Waals surface area contributed by atoms with Crippen LogP contribution < -0.4 is 10.0 Å². The highest BCUT2D eigenvalue weighted by Crippen LogP contribution is 2.19. The number of halogens is 2. The van der Waals surface area contributed by atoms with Gasteiger partial charge in [0.2, 0.25) is 10.0 Å². The lowest BCUT2D eigenvalue weighted by Gasteiger charge is -2.13. The summed E-state index contributed by atoms with van der Waals surface area (Å²) in [4.78, 5) is -0.339. The SMILES string of the molecule is CCN[C@H](C)CNS(=O)(=O)c1ccc(Br)cc1F. The summed E-state index contributed by atoms with van der Waals surface area (Å²) in [5, 5.41) is 3.07. The first-order valence-electron chi connectivity index (χ1n) is 5.55. The van der Waals surface area contributed by atoms with E-state index in [1.165, 1.54) is 12.1 Å². The lowest BCUT2D eigenvalue weighted by molar-refractivity contribution is 0.528. The molecule has 0 radical (unpaired) electrons. The highest BCUT2D eigenvalue weighted by atomic mass is 79.9. The Morgan fingerprint density at radius 3 is 2.67 bits per heavy atom. The molecule has 0 spiro atoms. The van der Waals surface area contributed by atoms with Crippen molar-refractivity contribution in [1.29, 1.82) is 0 Å². The maximum Gasteiger partial charge on any atom is 0.243 e. The zero-order valence-corrected chi connectivity index (χ0v) is 12.6. The summed E-state index contributed by atoms with van der Waals surface area (Å²) in [7, 11) is -3.81. The van der Waals surface area contributed by atoms with E-state index >= 15 is 0 Å². The number of nitrogens with one attached hydrogen (secondary N) is 2. The van der Waals surface area contributed by atoms with Gasteiger partial charge in [-0.25, -0.2) is 17.5 Å². The van der Waals surface area contributed by atoms with Gasteiger partial charge in [0.05, 0.1) is 0 Å². The van der Waals surface area contributed by atoms with Crippen LogP contribution in [-0.2, 0) is 10.0 Å². The van der Waals surface area contributed by atoms with Gasteiger partial charge in [0.25, 0.3) is 0 Å². The van der Waals surface area contributed by atoms with Gasteiger partial charge in [-0.2, -0.15) is 0 Å². The Morgan fingerprint density at radius 1 is 1.44 bits per heavy atom. The summed E-state index contributed by atoms with van der Waals surface area (Å²) >= 11 is 3.08. The molecular weight excluding hydrogens is 323 g/mol. The molecule has 4 nitrogen and oxygen atoms in total. The van der Waals surface area contributed by atoms with Crippen LogP contribution >= 0.6 is 15.9 Å². The van der Waals surface area contributed by atoms with E-state index in [0.29, 0.717) is 4.47 Å². The zero-order chi connectivity index (χ0) is 13.8. The number of hydrogen-bond donors (Lipinski definition) is 2. The summed E-state index contributed by atoms with van der Waals surface area (Å²) < 4.78 is 40.2. The van der Waals surface area contributed by atoms with Gasteiger partial charge in [-0.3, -0.25) is 0 Å².